The highest BCUT2D eigenvalue weighted by atomic mass is 16.5. The van der Waals surface area contributed by atoms with Crippen LogP contribution in [0.15, 0.2) is 64.2 Å². The minimum atomic E-state index is -1.33. The van der Waals surface area contributed by atoms with Crippen LogP contribution in [0.2, 0.25) is 0 Å². The number of allylic oxidation sites excluding steroid dienone is 6. The molecule has 6 aliphatic carbocycles. The van der Waals surface area contributed by atoms with Crippen LogP contribution in [0.5, 0.6) is 11.5 Å². The van der Waals surface area contributed by atoms with Crippen molar-refractivity contribution in [1.82, 2.24) is 0 Å². The molecule has 1 aromatic rings. The predicted octanol–water partition coefficient (Wildman–Crippen LogP) is 9.56. The summed E-state index contributed by atoms with van der Waals surface area (Å²) in [4.78, 5) is 11.5. The summed E-state index contributed by atoms with van der Waals surface area (Å²) in [6.07, 6.45) is 18.1. The van der Waals surface area contributed by atoms with Gasteiger partial charge >= 0.3 is 0 Å². The largest absolute Gasteiger partial charge is 0.504 e. The quantitative estimate of drug-likeness (QED) is 0.155. The van der Waals surface area contributed by atoms with Crippen molar-refractivity contribution < 1.29 is 35.1 Å². The van der Waals surface area contributed by atoms with Crippen molar-refractivity contribution in [2.75, 3.05) is 6.61 Å². The maximum absolute atomic E-state index is 11.5. The Morgan fingerprint density at radius 3 is 2.38 bits per heavy atom. The molecule has 7 nitrogen and oxygen atoms in total. The van der Waals surface area contributed by atoms with E-state index in [1.54, 1.807) is 0 Å². The Morgan fingerprint density at radius 2 is 1.66 bits per heavy atom. The number of benzene rings is 1. The molecule has 288 valence electrons. The van der Waals surface area contributed by atoms with Gasteiger partial charge in [0.2, 0.25) is 11.5 Å². The van der Waals surface area contributed by atoms with Crippen molar-refractivity contribution in [2.24, 2.45) is 39.4 Å². The van der Waals surface area contributed by atoms with Gasteiger partial charge in [-0.2, -0.15) is 0 Å². The van der Waals surface area contributed by atoms with Gasteiger partial charge in [0.05, 0.1) is 6.10 Å². The molecular weight excluding hydrogens is 664 g/mol. The van der Waals surface area contributed by atoms with E-state index in [-0.39, 0.29) is 41.8 Å². The zero-order valence-electron chi connectivity index (χ0n) is 33.2. The predicted molar refractivity (Wildman–Crippen MR) is 208 cm³/mol. The molecule has 0 radical (unpaired) electrons. The lowest BCUT2D eigenvalue weighted by Crippen LogP contribution is -2.55. The number of ketones is 1. The van der Waals surface area contributed by atoms with Crippen LogP contribution in [-0.2, 0) is 16.0 Å². The fourth-order valence-electron chi connectivity index (χ4n) is 12.7. The number of phenols is 2. The van der Waals surface area contributed by atoms with Crippen molar-refractivity contribution >= 4 is 11.4 Å². The molecule has 8 atom stereocenters. The Morgan fingerprint density at radius 1 is 0.943 bits per heavy atom. The third kappa shape index (κ3) is 5.69. The third-order valence-corrected chi connectivity index (χ3v) is 15.9. The number of hydrogen-bond acceptors (Lipinski definition) is 7. The molecule has 2 fully saturated rings. The zero-order chi connectivity index (χ0) is 38.5. The fraction of sp³-hybridized carbons (Fsp3) is 0.630. The molecule has 2 saturated carbocycles. The highest BCUT2D eigenvalue weighted by Gasteiger charge is 2.63. The molecule has 7 heteroatoms. The Hall–Kier alpha value is -3.29. The minimum absolute atomic E-state index is 0.0348. The van der Waals surface area contributed by atoms with Gasteiger partial charge in [0.1, 0.15) is 12.2 Å². The van der Waals surface area contributed by atoms with Gasteiger partial charge in [-0.05, 0) is 153 Å². The van der Waals surface area contributed by atoms with Crippen LogP contribution in [-0.4, -0.2) is 49.6 Å². The van der Waals surface area contributed by atoms with E-state index in [1.165, 1.54) is 87.6 Å². The Labute approximate surface area is 316 Å². The second kappa shape index (κ2) is 12.9. The van der Waals surface area contributed by atoms with E-state index < -0.39 is 17.1 Å². The van der Waals surface area contributed by atoms with Gasteiger partial charge in [-0.3, -0.25) is 4.79 Å². The zero-order valence-corrected chi connectivity index (χ0v) is 33.2. The van der Waals surface area contributed by atoms with E-state index in [2.05, 4.69) is 61.5 Å². The highest BCUT2D eigenvalue weighted by Crippen LogP contribution is 2.72. The molecule has 8 unspecified atom stereocenters. The average molecular weight is 727 g/mol. The number of aliphatic hydroxyl groups is 3. The minimum Gasteiger partial charge on any atom is -0.504 e. The monoisotopic (exact) mass is 726 g/mol. The average Bonchev–Trinajstić information content (AvgIpc) is 3.54. The summed E-state index contributed by atoms with van der Waals surface area (Å²) in [7, 11) is 0. The van der Waals surface area contributed by atoms with E-state index in [0.29, 0.717) is 44.4 Å². The van der Waals surface area contributed by atoms with Crippen molar-refractivity contribution in [3.05, 3.63) is 75.3 Å². The first-order valence-electron chi connectivity index (χ1n) is 20.1. The standard InChI is InChI=1S/C30H50O.C16H12O6/c1-20(2)10-9-11-21(3)22-14-18-30(8)24-12-13-25-27(4,5)26(31)16-17-28(25,6)23(24)15-19-29(22,30)7;17-10-2-1-8-13-9-4-12(19)11(18)3-7(9)5-16(13,21)6-22-15(8)14(10)20/h10,21-22,25-26,31H,9,11-19H2,1-8H3;1-4,18-21H,5-6H2. The first-order chi connectivity index (χ1) is 24.8. The third-order valence-electron chi connectivity index (χ3n) is 15.9. The van der Waals surface area contributed by atoms with Crippen LogP contribution in [0, 0.1) is 39.4 Å². The number of aromatic hydroxyl groups is 2. The first-order valence-corrected chi connectivity index (χ1v) is 20.1. The normalized spacial score (nSPS) is 36.9. The summed E-state index contributed by atoms with van der Waals surface area (Å²) in [6, 6.07) is 2.77. The summed E-state index contributed by atoms with van der Waals surface area (Å²) in [5.41, 5.74) is 7.21. The molecule has 8 rings (SSSR count). The number of carbonyl (C=O) groups excluding carboxylic acids is 1. The maximum atomic E-state index is 11.5. The molecule has 0 bridgehead atoms. The molecule has 0 saturated heterocycles. The molecule has 1 aliphatic heterocycles. The number of fused-ring (bicyclic) bond motifs is 8. The van der Waals surface area contributed by atoms with E-state index in [1.807, 2.05) is 11.1 Å². The Bertz CT molecular complexity index is 1870. The van der Waals surface area contributed by atoms with Gasteiger partial charge in [-0.1, -0.05) is 64.3 Å². The van der Waals surface area contributed by atoms with Crippen LogP contribution in [0.1, 0.15) is 131 Å². The van der Waals surface area contributed by atoms with Gasteiger partial charge in [0.15, 0.2) is 17.3 Å². The van der Waals surface area contributed by atoms with Crippen molar-refractivity contribution in [1.29, 1.82) is 0 Å². The number of ether oxygens (including phenoxy) is 1. The van der Waals surface area contributed by atoms with Gasteiger partial charge < -0.3 is 30.3 Å². The molecule has 1 aromatic carbocycles. The summed E-state index contributed by atoms with van der Waals surface area (Å²) in [5.74, 6) is 0.740. The van der Waals surface area contributed by atoms with Crippen molar-refractivity contribution in [2.45, 2.75) is 138 Å². The summed E-state index contributed by atoms with van der Waals surface area (Å²) >= 11 is 0. The van der Waals surface area contributed by atoms with Crippen LogP contribution in [0.4, 0.5) is 0 Å². The second-order valence-electron chi connectivity index (χ2n) is 19.2. The molecule has 53 heavy (non-hydrogen) atoms. The lowest BCUT2D eigenvalue weighted by molar-refractivity contribution is -0.114. The highest BCUT2D eigenvalue weighted by molar-refractivity contribution is 6.06. The topological polar surface area (TPSA) is 127 Å². The van der Waals surface area contributed by atoms with Gasteiger partial charge in [0.25, 0.3) is 0 Å². The summed E-state index contributed by atoms with van der Waals surface area (Å²) in [5, 5.41) is 50.9. The van der Waals surface area contributed by atoms with Gasteiger partial charge in [-0.15, -0.1) is 0 Å². The van der Waals surface area contributed by atoms with Crippen molar-refractivity contribution in [3.8, 4) is 11.5 Å². The summed E-state index contributed by atoms with van der Waals surface area (Å²) in [6.45, 7) is 19.5. The molecule has 0 spiro atoms. The van der Waals surface area contributed by atoms with E-state index in [9.17, 15) is 30.3 Å². The molecule has 1 heterocycles. The summed E-state index contributed by atoms with van der Waals surface area (Å²) < 4.78 is 5.40. The maximum Gasteiger partial charge on any atom is 0.224 e. The number of phenolic OH excluding ortho intramolecular Hbond substituents is 2. The number of hydrogen-bond donors (Lipinski definition) is 5. The smallest absolute Gasteiger partial charge is 0.224 e. The lowest BCUT2D eigenvalue weighted by Gasteiger charge is -2.62. The molecule has 5 N–H and O–H groups in total. The van der Waals surface area contributed by atoms with E-state index in [4.69, 9.17) is 4.74 Å². The fourth-order valence-corrected chi connectivity index (χ4v) is 12.7. The van der Waals surface area contributed by atoms with Gasteiger partial charge in [-0.25, -0.2) is 0 Å². The number of rotatable bonds is 4. The molecule has 0 aromatic heterocycles. The molecular formula is C46H62O7. The number of carbonyl (C=O) groups is 1. The Kier molecular flexibility index (Phi) is 9.25. The second-order valence-corrected chi connectivity index (χ2v) is 19.2. The van der Waals surface area contributed by atoms with Crippen LogP contribution in [0.3, 0.4) is 0 Å². The SMILES string of the molecule is CC(C)=CCCC(C)C1CCC2(C)C3=C(CCC12C)C1(C)CCC(O)C(C)(C)C1CC3.O=C1C=CC2=C3c4cc(O)c(O)cc4CC3(O)COC2=C1O. The van der Waals surface area contributed by atoms with E-state index >= 15 is 0 Å². The van der Waals surface area contributed by atoms with E-state index in [0.717, 1.165) is 18.3 Å². The molecule has 0 amide bonds. The Balaban J connectivity index is 0.000000173. The molecule has 7 aliphatic rings. The number of aliphatic hydroxyl groups excluding tert-OH is 2. The van der Waals surface area contributed by atoms with Crippen LogP contribution in [0.25, 0.3) is 5.57 Å². The lowest BCUT2D eigenvalue weighted by atomic mass is 9.43. The van der Waals surface area contributed by atoms with Crippen molar-refractivity contribution in [3.63, 3.8) is 0 Å². The first kappa shape index (κ1) is 38.0. The van der Waals surface area contributed by atoms with Crippen LogP contribution >= 0.6 is 0 Å². The van der Waals surface area contributed by atoms with Crippen LogP contribution < -0.4 is 0 Å². The van der Waals surface area contributed by atoms with Gasteiger partial charge in [0, 0.05) is 17.6 Å².